The fourth-order valence-corrected chi connectivity index (χ4v) is 5.00. The maximum atomic E-state index is 13.3. The minimum atomic E-state index is -1.01. The average molecular weight is 471 g/mol. The van der Waals surface area contributed by atoms with Crippen LogP contribution >= 0.6 is 0 Å². The molecule has 0 aliphatic carbocycles. The Morgan fingerprint density at radius 1 is 1.17 bits per heavy atom. The summed E-state index contributed by atoms with van der Waals surface area (Å²) in [4.78, 5) is 30.0. The van der Waals surface area contributed by atoms with Crippen molar-refractivity contribution in [2.45, 2.75) is 31.9 Å². The molecule has 5 rings (SSSR count). The van der Waals surface area contributed by atoms with Crippen LogP contribution in [-0.2, 0) is 6.54 Å². The number of hydrogen-bond donors (Lipinski definition) is 1. The predicted molar refractivity (Wildman–Crippen MR) is 135 cm³/mol. The Balaban J connectivity index is 1.30. The van der Waals surface area contributed by atoms with Gasteiger partial charge in [-0.25, -0.2) is 4.98 Å². The Bertz CT molecular complexity index is 1350. The molecule has 8 heteroatoms. The van der Waals surface area contributed by atoms with Crippen LogP contribution in [0.1, 0.15) is 34.6 Å². The summed E-state index contributed by atoms with van der Waals surface area (Å²) in [6.45, 7) is 4.16. The van der Waals surface area contributed by atoms with Crippen LogP contribution in [-0.4, -0.2) is 67.7 Å². The van der Waals surface area contributed by atoms with Crippen molar-refractivity contribution in [1.29, 1.82) is 0 Å². The lowest BCUT2D eigenvalue weighted by atomic mass is 9.91. The Hall–Kier alpha value is -3.78. The van der Waals surface area contributed by atoms with E-state index in [9.17, 15) is 9.90 Å². The molecule has 180 valence electrons. The minimum Gasteiger partial charge on any atom is -0.386 e. The van der Waals surface area contributed by atoms with Crippen LogP contribution in [0.4, 0.5) is 5.69 Å². The maximum absolute atomic E-state index is 13.3. The lowest BCUT2D eigenvalue weighted by Crippen LogP contribution is -2.54. The number of nitrogens with zero attached hydrogens (tertiary/aromatic N) is 6. The van der Waals surface area contributed by atoms with Crippen molar-refractivity contribution in [1.82, 2.24) is 24.4 Å². The Labute approximate surface area is 204 Å². The van der Waals surface area contributed by atoms with Crippen molar-refractivity contribution in [3.63, 3.8) is 0 Å². The molecule has 1 N–H and O–H groups in total. The largest absolute Gasteiger partial charge is 0.386 e. The van der Waals surface area contributed by atoms with E-state index in [1.165, 1.54) is 0 Å². The second-order valence-electron chi connectivity index (χ2n) is 9.44. The molecule has 1 saturated heterocycles. The van der Waals surface area contributed by atoms with Crippen molar-refractivity contribution < 1.29 is 9.90 Å². The molecular weight excluding hydrogens is 440 g/mol. The van der Waals surface area contributed by atoms with Crippen molar-refractivity contribution in [3.8, 4) is 0 Å². The summed E-state index contributed by atoms with van der Waals surface area (Å²) in [6, 6.07) is 11.5. The van der Waals surface area contributed by atoms with Crippen molar-refractivity contribution in [3.05, 3.63) is 84.3 Å². The number of anilines is 1. The standard InChI is InChI=1S/C27H30N6O2/c1-20-29-12-14-32(20)17-21-5-3-6-22(15-21)26(34)31(2)18-27(35)9-4-13-33(19-27)25-8-11-30-24-7-10-28-16-23(24)25/h3,5-8,10-12,14-16,35H,4,9,13,17-19H2,1-2H3/t27-/m1/s1. The number of carbonyl (C=O) groups excluding carboxylic acids is 1. The molecule has 1 aliphatic rings. The summed E-state index contributed by atoms with van der Waals surface area (Å²) in [5, 5.41) is 12.5. The third-order valence-corrected chi connectivity index (χ3v) is 6.74. The van der Waals surface area contributed by atoms with E-state index in [2.05, 4.69) is 19.9 Å². The normalized spacial score (nSPS) is 18.1. The van der Waals surface area contributed by atoms with E-state index in [-0.39, 0.29) is 12.5 Å². The fraction of sp³-hybridized carbons (Fsp3) is 0.333. The number of fused-ring (bicyclic) bond motifs is 1. The highest BCUT2D eigenvalue weighted by Gasteiger charge is 2.36. The molecule has 0 saturated carbocycles. The van der Waals surface area contributed by atoms with Gasteiger partial charge in [0.1, 0.15) is 5.82 Å². The van der Waals surface area contributed by atoms with Gasteiger partial charge in [-0.15, -0.1) is 0 Å². The van der Waals surface area contributed by atoms with Gasteiger partial charge in [0.15, 0.2) is 0 Å². The summed E-state index contributed by atoms with van der Waals surface area (Å²) < 4.78 is 2.05. The topological polar surface area (TPSA) is 87.4 Å². The first-order chi connectivity index (χ1) is 16.9. The number of benzene rings is 1. The number of imidazole rings is 1. The molecule has 0 unspecified atom stereocenters. The Morgan fingerprint density at radius 2 is 2.06 bits per heavy atom. The number of amides is 1. The van der Waals surface area contributed by atoms with Gasteiger partial charge >= 0.3 is 0 Å². The van der Waals surface area contributed by atoms with Gasteiger partial charge in [-0.2, -0.15) is 0 Å². The molecule has 3 aromatic heterocycles. The maximum Gasteiger partial charge on any atom is 0.253 e. The first-order valence-corrected chi connectivity index (χ1v) is 11.9. The number of piperidine rings is 1. The summed E-state index contributed by atoms with van der Waals surface area (Å²) >= 11 is 0. The van der Waals surface area contributed by atoms with E-state index in [0.29, 0.717) is 25.1 Å². The molecule has 0 bridgehead atoms. The van der Waals surface area contributed by atoms with Gasteiger partial charge < -0.3 is 19.5 Å². The number of β-amino-alcohol motifs (C(OH)–C–C–N with tert-alkyl or cyclic N) is 1. The van der Waals surface area contributed by atoms with Gasteiger partial charge in [-0.3, -0.25) is 14.8 Å². The first kappa shape index (κ1) is 23.0. The Kier molecular flexibility index (Phi) is 6.21. The van der Waals surface area contributed by atoms with Crippen molar-refractivity contribution in [2.24, 2.45) is 0 Å². The third kappa shape index (κ3) is 4.88. The number of rotatable bonds is 6. The second kappa shape index (κ2) is 9.46. The van der Waals surface area contributed by atoms with Crippen molar-refractivity contribution in [2.75, 3.05) is 31.6 Å². The number of hydrogen-bond acceptors (Lipinski definition) is 6. The smallest absolute Gasteiger partial charge is 0.253 e. The molecule has 4 heterocycles. The van der Waals surface area contributed by atoms with Crippen LogP contribution in [0.5, 0.6) is 0 Å². The zero-order valence-corrected chi connectivity index (χ0v) is 20.1. The molecule has 1 aliphatic heterocycles. The molecule has 35 heavy (non-hydrogen) atoms. The van der Waals surface area contributed by atoms with E-state index >= 15 is 0 Å². The quantitative estimate of drug-likeness (QED) is 0.465. The van der Waals surface area contributed by atoms with Gasteiger partial charge in [0.05, 0.1) is 17.7 Å². The Morgan fingerprint density at radius 3 is 2.89 bits per heavy atom. The van der Waals surface area contributed by atoms with Gasteiger partial charge in [-0.1, -0.05) is 12.1 Å². The van der Waals surface area contributed by atoms with E-state index in [0.717, 1.165) is 40.9 Å². The van der Waals surface area contributed by atoms with Crippen LogP contribution in [0, 0.1) is 6.92 Å². The van der Waals surface area contributed by atoms with E-state index in [4.69, 9.17) is 0 Å². The predicted octanol–water partition coefficient (Wildman–Crippen LogP) is 3.29. The third-order valence-electron chi connectivity index (χ3n) is 6.74. The highest BCUT2D eigenvalue weighted by molar-refractivity contribution is 5.94. The van der Waals surface area contributed by atoms with Crippen LogP contribution in [0.2, 0.25) is 0 Å². The lowest BCUT2D eigenvalue weighted by Gasteiger charge is -2.42. The molecular formula is C27H30N6O2. The molecule has 4 aromatic rings. The van der Waals surface area contributed by atoms with Crippen LogP contribution in [0.3, 0.4) is 0 Å². The number of aliphatic hydroxyl groups is 1. The summed E-state index contributed by atoms with van der Waals surface area (Å²) in [6.07, 6.45) is 10.5. The number of likely N-dealkylation sites (N-methyl/N-ethyl adjacent to an activating group) is 1. The van der Waals surface area contributed by atoms with Gasteiger partial charge in [0, 0.05) is 74.3 Å². The van der Waals surface area contributed by atoms with Gasteiger partial charge in [0.25, 0.3) is 5.91 Å². The highest BCUT2D eigenvalue weighted by Crippen LogP contribution is 2.31. The molecule has 1 atom stereocenters. The van der Waals surface area contributed by atoms with Gasteiger partial charge in [0.2, 0.25) is 0 Å². The summed E-state index contributed by atoms with van der Waals surface area (Å²) in [7, 11) is 1.76. The summed E-state index contributed by atoms with van der Waals surface area (Å²) in [5.41, 5.74) is 2.53. The number of aryl methyl sites for hydroxylation is 1. The fourth-order valence-electron chi connectivity index (χ4n) is 5.00. The monoisotopic (exact) mass is 470 g/mol. The van der Waals surface area contributed by atoms with Crippen LogP contribution in [0.15, 0.2) is 67.4 Å². The molecule has 1 amide bonds. The zero-order chi connectivity index (χ0) is 24.4. The minimum absolute atomic E-state index is 0.0988. The molecule has 0 spiro atoms. The lowest BCUT2D eigenvalue weighted by molar-refractivity contribution is 0.0000662. The second-order valence-corrected chi connectivity index (χ2v) is 9.44. The number of aromatic nitrogens is 4. The molecule has 1 aromatic carbocycles. The number of pyridine rings is 2. The molecule has 1 fully saturated rings. The summed E-state index contributed by atoms with van der Waals surface area (Å²) in [5.74, 6) is 0.832. The highest BCUT2D eigenvalue weighted by atomic mass is 16.3. The number of carbonyl (C=O) groups is 1. The molecule has 0 radical (unpaired) electrons. The van der Waals surface area contributed by atoms with Crippen LogP contribution in [0.25, 0.3) is 10.9 Å². The first-order valence-electron chi connectivity index (χ1n) is 11.9. The average Bonchev–Trinajstić information content (AvgIpc) is 3.27. The van der Waals surface area contributed by atoms with E-state index < -0.39 is 5.60 Å². The van der Waals surface area contributed by atoms with Crippen molar-refractivity contribution >= 4 is 22.5 Å². The van der Waals surface area contributed by atoms with Crippen LogP contribution < -0.4 is 4.90 Å². The molecule has 8 nitrogen and oxygen atoms in total. The zero-order valence-electron chi connectivity index (χ0n) is 20.1. The van der Waals surface area contributed by atoms with E-state index in [1.807, 2.05) is 60.3 Å². The SMILES string of the molecule is Cc1nccn1Cc1cccc(C(=O)N(C)C[C@]2(O)CCCN(c3ccnc4ccncc34)C2)c1. The van der Waals surface area contributed by atoms with Gasteiger partial charge in [-0.05, 0) is 49.6 Å². The van der Waals surface area contributed by atoms with E-state index in [1.54, 1.807) is 30.5 Å².